The van der Waals surface area contributed by atoms with Crippen LogP contribution >= 0.6 is 0 Å². The fourth-order valence-corrected chi connectivity index (χ4v) is 4.19. The Morgan fingerprint density at radius 1 is 1.26 bits per heavy atom. The van der Waals surface area contributed by atoms with E-state index in [4.69, 9.17) is 10.5 Å². The molecule has 6 nitrogen and oxygen atoms in total. The van der Waals surface area contributed by atoms with E-state index in [-0.39, 0.29) is 17.2 Å². The largest absolute Gasteiger partial charge is 0.494 e. The summed E-state index contributed by atoms with van der Waals surface area (Å²) >= 11 is 0. The summed E-state index contributed by atoms with van der Waals surface area (Å²) in [5, 5.41) is 29.8. The van der Waals surface area contributed by atoms with Crippen LogP contribution in [0.15, 0.2) is 47.2 Å². The van der Waals surface area contributed by atoms with Crippen LogP contribution < -0.4 is 10.5 Å². The van der Waals surface area contributed by atoms with Gasteiger partial charge in [-0.25, -0.2) is 0 Å². The van der Waals surface area contributed by atoms with Crippen molar-refractivity contribution in [1.82, 2.24) is 4.90 Å². The zero-order chi connectivity index (χ0) is 19.6. The number of hydrogen-bond donors (Lipinski definition) is 1. The van der Waals surface area contributed by atoms with Crippen LogP contribution in [0.2, 0.25) is 0 Å². The van der Waals surface area contributed by atoms with Gasteiger partial charge in [-0.15, -0.1) is 0 Å². The number of rotatable bonds is 3. The van der Waals surface area contributed by atoms with E-state index in [1.54, 1.807) is 0 Å². The minimum atomic E-state index is -1.63. The van der Waals surface area contributed by atoms with Crippen molar-refractivity contribution in [3.05, 3.63) is 52.7 Å². The molecule has 1 heterocycles. The maximum atomic E-state index is 10.1. The van der Waals surface area contributed by atoms with Crippen molar-refractivity contribution in [3.8, 4) is 24.0 Å². The molecule has 3 rings (SSSR count). The van der Waals surface area contributed by atoms with Crippen molar-refractivity contribution in [2.24, 2.45) is 17.1 Å². The summed E-state index contributed by atoms with van der Waals surface area (Å²) in [6.45, 7) is 3.68. The van der Waals surface area contributed by atoms with Crippen LogP contribution in [0, 0.1) is 45.3 Å². The van der Waals surface area contributed by atoms with E-state index in [1.807, 2.05) is 44.3 Å². The monoisotopic (exact) mass is 359 g/mol. The molecule has 0 amide bonds. The SMILES string of the molecule is CCOc1ccccc1[C@@H]1[C@@H]2CN(C)CC=C2C(C#N)=C(N)C1(C#N)C#N. The third-order valence-corrected chi connectivity index (χ3v) is 5.40. The van der Waals surface area contributed by atoms with Gasteiger partial charge in [0.05, 0.1) is 30.0 Å². The van der Waals surface area contributed by atoms with Gasteiger partial charge in [0.15, 0.2) is 5.41 Å². The molecule has 27 heavy (non-hydrogen) atoms. The Kier molecular flexibility index (Phi) is 4.91. The van der Waals surface area contributed by atoms with Gasteiger partial charge in [0.1, 0.15) is 11.8 Å². The van der Waals surface area contributed by atoms with Crippen LogP contribution in [-0.2, 0) is 0 Å². The molecule has 1 aliphatic carbocycles. The molecule has 136 valence electrons. The van der Waals surface area contributed by atoms with Gasteiger partial charge in [-0.1, -0.05) is 24.3 Å². The van der Waals surface area contributed by atoms with Gasteiger partial charge in [0.25, 0.3) is 0 Å². The maximum absolute atomic E-state index is 10.1. The number of likely N-dealkylation sites (N-methyl/N-ethyl adjacent to an activating group) is 1. The molecule has 0 radical (unpaired) electrons. The van der Waals surface area contributed by atoms with Crippen LogP contribution in [0.3, 0.4) is 0 Å². The molecule has 6 heteroatoms. The molecule has 0 saturated heterocycles. The highest BCUT2D eigenvalue weighted by atomic mass is 16.5. The lowest BCUT2D eigenvalue weighted by Crippen LogP contribution is -2.47. The maximum Gasteiger partial charge on any atom is 0.191 e. The van der Waals surface area contributed by atoms with Crippen molar-refractivity contribution in [1.29, 1.82) is 15.8 Å². The smallest absolute Gasteiger partial charge is 0.191 e. The summed E-state index contributed by atoms with van der Waals surface area (Å²) in [4.78, 5) is 2.11. The minimum Gasteiger partial charge on any atom is -0.494 e. The number of fused-ring (bicyclic) bond motifs is 1. The standard InChI is InChI=1S/C21H21N5O/c1-3-27-18-7-5-4-6-15(18)19-17-11-26(2)9-8-14(17)16(10-22)20(25)21(19,12-23)13-24/h4-8,17,19H,3,9,11,25H2,1-2H3/t17-,19-/m1/s1. The highest BCUT2D eigenvalue weighted by molar-refractivity contribution is 5.60. The van der Waals surface area contributed by atoms with Crippen LogP contribution in [-0.4, -0.2) is 31.6 Å². The molecule has 2 N–H and O–H groups in total. The zero-order valence-electron chi connectivity index (χ0n) is 15.4. The summed E-state index contributed by atoms with van der Waals surface area (Å²) in [6, 6.07) is 13.9. The van der Waals surface area contributed by atoms with E-state index in [0.717, 1.165) is 11.1 Å². The van der Waals surface area contributed by atoms with Crippen LogP contribution in [0.25, 0.3) is 0 Å². The van der Waals surface area contributed by atoms with E-state index in [1.165, 1.54) is 0 Å². The second kappa shape index (κ2) is 7.16. The molecule has 0 spiro atoms. The Morgan fingerprint density at radius 3 is 2.59 bits per heavy atom. The average Bonchev–Trinajstić information content (AvgIpc) is 2.68. The van der Waals surface area contributed by atoms with E-state index in [2.05, 4.69) is 23.1 Å². The first-order valence-electron chi connectivity index (χ1n) is 8.87. The normalized spacial score (nSPS) is 24.0. The lowest BCUT2D eigenvalue weighted by Gasteiger charge is -2.45. The van der Waals surface area contributed by atoms with Gasteiger partial charge in [-0.05, 0) is 25.6 Å². The minimum absolute atomic E-state index is 0.0401. The Balaban J connectivity index is 2.34. The van der Waals surface area contributed by atoms with Gasteiger partial charge >= 0.3 is 0 Å². The Labute approximate surface area is 159 Å². The number of benzene rings is 1. The van der Waals surface area contributed by atoms with Crippen LogP contribution in [0.5, 0.6) is 5.75 Å². The number of nitrogens with zero attached hydrogens (tertiary/aromatic N) is 4. The number of ether oxygens (including phenoxy) is 1. The fourth-order valence-electron chi connectivity index (χ4n) is 4.19. The molecule has 1 aromatic rings. The first-order valence-corrected chi connectivity index (χ1v) is 8.87. The van der Waals surface area contributed by atoms with Gasteiger partial charge in [-0.3, -0.25) is 0 Å². The summed E-state index contributed by atoms with van der Waals surface area (Å²) in [5.41, 5.74) is 6.58. The molecule has 1 aliphatic heterocycles. The molecule has 2 aliphatic rings. The van der Waals surface area contributed by atoms with Crippen molar-refractivity contribution in [3.63, 3.8) is 0 Å². The van der Waals surface area contributed by atoms with E-state index in [9.17, 15) is 15.8 Å². The summed E-state index contributed by atoms with van der Waals surface area (Å²) in [5.74, 6) is -0.0892. The number of nitrogens with two attached hydrogens (primary N) is 1. The highest BCUT2D eigenvalue weighted by Gasteiger charge is 2.55. The predicted octanol–water partition coefficient (Wildman–Crippen LogP) is 2.44. The molecule has 1 aromatic carbocycles. The fraction of sp³-hybridized carbons (Fsp3) is 0.381. The number of nitriles is 3. The number of allylic oxidation sites excluding steroid dienone is 2. The van der Waals surface area contributed by atoms with E-state index in [0.29, 0.717) is 25.4 Å². The second-order valence-electron chi connectivity index (χ2n) is 6.87. The Bertz CT molecular complexity index is 927. The first-order chi connectivity index (χ1) is 13.0. The Hall–Kier alpha value is -3.27. The van der Waals surface area contributed by atoms with E-state index < -0.39 is 11.3 Å². The number of hydrogen-bond acceptors (Lipinski definition) is 6. The van der Waals surface area contributed by atoms with Gasteiger partial charge in [-0.2, -0.15) is 15.8 Å². The molecule has 2 atom stereocenters. The molecule has 0 bridgehead atoms. The van der Waals surface area contributed by atoms with Gasteiger partial charge in [0.2, 0.25) is 0 Å². The average molecular weight is 359 g/mol. The lowest BCUT2D eigenvalue weighted by atomic mass is 9.58. The summed E-state index contributed by atoms with van der Waals surface area (Å²) < 4.78 is 5.79. The molecule has 0 fully saturated rings. The second-order valence-corrected chi connectivity index (χ2v) is 6.87. The third kappa shape index (κ3) is 2.74. The van der Waals surface area contributed by atoms with Crippen molar-refractivity contribution >= 4 is 0 Å². The predicted molar refractivity (Wildman–Crippen MR) is 99.9 cm³/mol. The van der Waals surface area contributed by atoms with Gasteiger partial charge in [0, 0.05) is 30.5 Å². The topological polar surface area (TPSA) is 110 Å². The van der Waals surface area contributed by atoms with Crippen LogP contribution in [0.1, 0.15) is 18.4 Å². The van der Waals surface area contributed by atoms with Crippen molar-refractivity contribution in [2.75, 3.05) is 26.7 Å². The lowest BCUT2D eigenvalue weighted by molar-refractivity contribution is 0.232. The van der Waals surface area contributed by atoms with Crippen molar-refractivity contribution in [2.45, 2.75) is 12.8 Å². The summed E-state index contributed by atoms with van der Waals surface area (Å²) in [6.07, 6.45) is 1.98. The van der Waals surface area contributed by atoms with Crippen LogP contribution in [0.4, 0.5) is 0 Å². The molecule has 0 saturated carbocycles. The molecular weight excluding hydrogens is 338 g/mol. The molecule has 0 aromatic heterocycles. The first kappa shape index (κ1) is 18.5. The quantitative estimate of drug-likeness (QED) is 0.887. The van der Waals surface area contributed by atoms with Crippen molar-refractivity contribution < 1.29 is 4.74 Å². The molecule has 0 unspecified atom stereocenters. The highest BCUT2D eigenvalue weighted by Crippen LogP contribution is 2.55. The molecular formula is C21H21N5O. The van der Waals surface area contributed by atoms with Gasteiger partial charge < -0.3 is 15.4 Å². The summed E-state index contributed by atoms with van der Waals surface area (Å²) in [7, 11) is 1.98. The van der Waals surface area contributed by atoms with E-state index >= 15 is 0 Å². The number of para-hydroxylation sites is 1. The third-order valence-electron chi connectivity index (χ3n) is 5.40. The zero-order valence-corrected chi connectivity index (χ0v) is 15.4. The Morgan fingerprint density at radius 2 is 1.96 bits per heavy atom.